The second-order valence-corrected chi connectivity index (χ2v) is 4.61. The zero-order valence-corrected chi connectivity index (χ0v) is 9.34. The minimum absolute atomic E-state index is 0.143. The highest BCUT2D eigenvalue weighted by molar-refractivity contribution is 9.10. The molecule has 1 unspecified atom stereocenters. The molecule has 0 bridgehead atoms. The molecule has 0 radical (unpaired) electrons. The summed E-state index contributed by atoms with van der Waals surface area (Å²) >= 11 is 4.44. The van der Waals surface area contributed by atoms with Gasteiger partial charge in [0.15, 0.2) is 0 Å². The van der Waals surface area contributed by atoms with Gasteiger partial charge in [-0.25, -0.2) is 5.43 Å². The van der Waals surface area contributed by atoms with Gasteiger partial charge in [0.1, 0.15) is 6.04 Å². The van der Waals surface area contributed by atoms with E-state index < -0.39 is 12.2 Å². The topological polar surface area (TPSA) is 38.0 Å². The van der Waals surface area contributed by atoms with Gasteiger partial charge in [0.2, 0.25) is 0 Å². The predicted molar refractivity (Wildman–Crippen MR) is 52.9 cm³/mol. The molecule has 0 aliphatic heterocycles. The van der Waals surface area contributed by atoms with E-state index in [1.54, 1.807) is 16.9 Å². The fourth-order valence-corrected chi connectivity index (χ4v) is 2.43. The molecule has 1 rings (SSSR count). The molecule has 14 heavy (non-hydrogen) atoms. The molecule has 3 N–H and O–H groups in total. The van der Waals surface area contributed by atoms with Crippen molar-refractivity contribution in [3.05, 3.63) is 20.8 Å². The largest absolute Gasteiger partial charge is 0.405 e. The summed E-state index contributed by atoms with van der Waals surface area (Å²) in [5.41, 5.74) is 1.77. The van der Waals surface area contributed by atoms with Crippen molar-refractivity contribution < 1.29 is 13.2 Å². The maximum absolute atomic E-state index is 12.3. The van der Waals surface area contributed by atoms with Gasteiger partial charge in [-0.3, -0.25) is 5.84 Å². The first-order chi connectivity index (χ1) is 6.43. The number of hydrogen-bond donors (Lipinski definition) is 2. The maximum atomic E-state index is 12.3. The number of nitrogens with two attached hydrogens (primary N) is 1. The van der Waals surface area contributed by atoms with Crippen molar-refractivity contribution in [1.82, 2.24) is 5.43 Å². The van der Waals surface area contributed by atoms with E-state index in [1.807, 2.05) is 0 Å². The monoisotopic (exact) mass is 288 g/mol. The Labute approximate surface area is 91.4 Å². The lowest BCUT2D eigenvalue weighted by Gasteiger charge is -2.18. The third-order valence-electron chi connectivity index (χ3n) is 1.62. The molecule has 7 heteroatoms. The van der Waals surface area contributed by atoms with Gasteiger partial charge in [0, 0.05) is 21.2 Å². The van der Waals surface area contributed by atoms with Crippen molar-refractivity contribution in [3.63, 3.8) is 0 Å². The minimum Gasteiger partial charge on any atom is -0.271 e. The molecular weight excluding hydrogens is 281 g/mol. The van der Waals surface area contributed by atoms with Crippen LogP contribution >= 0.6 is 27.3 Å². The Morgan fingerprint density at radius 1 is 1.57 bits per heavy atom. The van der Waals surface area contributed by atoms with Gasteiger partial charge in [0.05, 0.1) is 0 Å². The number of thiophene rings is 1. The highest BCUT2D eigenvalue weighted by atomic mass is 79.9. The van der Waals surface area contributed by atoms with Crippen LogP contribution in [0.1, 0.15) is 4.88 Å². The highest BCUT2D eigenvalue weighted by Gasteiger charge is 2.38. The summed E-state index contributed by atoms with van der Waals surface area (Å²) in [6.07, 6.45) is -4.46. The summed E-state index contributed by atoms with van der Waals surface area (Å²) in [5.74, 6) is 4.84. The first kappa shape index (κ1) is 12.0. The number of nitrogens with one attached hydrogen (secondary N) is 1. The van der Waals surface area contributed by atoms with Crippen molar-refractivity contribution in [1.29, 1.82) is 0 Å². The van der Waals surface area contributed by atoms with Gasteiger partial charge in [-0.15, -0.1) is 11.3 Å². The first-order valence-corrected chi connectivity index (χ1v) is 5.36. The number of halogens is 4. The Bertz CT molecular complexity index is 299. The van der Waals surface area contributed by atoms with Crippen LogP contribution in [0.3, 0.4) is 0 Å². The van der Waals surface area contributed by atoms with Gasteiger partial charge in [-0.1, -0.05) is 0 Å². The Kier molecular flexibility index (Phi) is 3.94. The van der Waals surface area contributed by atoms with Gasteiger partial charge in [-0.2, -0.15) is 13.2 Å². The third kappa shape index (κ3) is 3.23. The third-order valence-corrected chi connectivity index (χ3v) is 3.34. The van der Waals surface area contributed by atoms with Gasteiger partial charge in [-0.05, 0) is 22.0 Å². The molecule has 1 aromatic rings. The summed E-state index contributed by atoms with van der Waals surface area (Å²) in [7, 11) is 0. The molecule has 80 valence electrons. The second-order valence-electron chi connectivity index (χ2n) is 2.70. The molecular formula is C7H8BrF3N2S. The van der Waals surface area contributed by atoms with Crippen molar-refractivity contribution in [2.45, 2.75) is 18.6 Å². The summed E-state index contributed by atoms with van der Waals surface area (Å²) in [6.45, 7) is 0. The highest BCUT2D eigenvalue weighted by Crippen LogP contribution is 2.26. The van der Waals surface area contributed by atoms with E-state index in [9.17, 15) is 13.2 Å². The van der Waals surface area contributed by atoms with Crippen LogP contribution in [-0.2, 0) is 6.42 Å². The van der Waals surface area contributed by atoms with Crippen LogP contribution in [0.25, 0.3) is 0 Å². The van der Waals surface area contributed by atoms with E-state index in [1.165, 1.54) is 11.3 Å². The fourth-order valence-electron chi connectivity index (χ4n) is 0.931. The SMILES string of the molecule is NNC(Cc1cc(Br)cs1)C(F)(F)F. The van der Waals surface area contributed by atoms with Crippen LogP contribution in [0.5, 0.6) is 0 Å². The summed E-state index contributed by atoms with van der Waals surface area (Å²) in [4.78, 5) is 0.636. The molecule has 0 amide bonds. The van der Waals surface area contributed by atoms with E-state index in [0.717, 1.165) is 4.47 Å². The van der Waals surface area contributed by atoms with Crippen LogP contribution in [0.15, 0.2) is 15.9 Å². The molecule has 0 saturated heterocycles. The molecule has 0 saturated carbocycles. The molecule has 2 nitrogen and oxygen atoms in total. The molecule has 1 aromatic heterocycles. The molecule has 1 heterocycles. The Morgan fingerprint density at radius 3 is 2.57 bits per heavy atom. The maximum Gasteiger partial charge on any atom is 0.405 e. The van der Waals surface area contributed by atoms with E-state index in [4.69, 9.17) is 5.84 Å². The zero-order chi connectivity index (χ0) is 10.8. The molecule has 0 spiro atoms. The Morgan fingerprint density at radius 2 is 2.21 bits per heavy atom. The van der Waals surface area contributed by atoms with Crippen LogP contribution in [0, 0.1) is 0 Å². The number of alkyl halides is 3. The van der Waals surface area contributed by atoms with Gasteiger partial charge in [0.25, 0.3) is 0 Å². The van der Waals surface area contributed by atoms with E-state index in [0.29, 0.717) is 4.88 Å². The number of hydrogen-bond acceptors (Lipinski definition) is 3. The minimum atomic E-state index is -4.31. The van der Waals surface area contributed by atoms with Crippen LogP contribution < -0.4 is 11.3 Å². The lowest BCUT2D eigenvalue weighted by atomic mass is 10.2. The lowest BCUT2D eigenvalue weighted by molar-refractivity contribution is -0.155. The van der Waals surface area contributed by atoms with E-state index in [-0.39, 0.29) is 6.42 Å². The molecule has 0 aromatic carbocycles. The zero-order valence-electron chi connectivity index (χ0n) is 6.94. The van der Waals surface area contributed by atoms with Gasteiger partial charge < -0.3 is 0 Å². The first-order valence-electron chi connectivity index (χ1n) is 3.69. The molecule has 0 fully saturated rings. The summed E-state index contributed by atoms with van der Waals surface area (Å²) in [5, 5.41) is 1.74. The van der Waals surface area contributed by atoms with E-state index in [2.05, 4.69) is 15.9 Å². The van der Waals surface area contributed by atoms with Crippen LogP contribution in [0.4, 0.5) is 13.2 Å². The molecule has 1 atom stereocenters. The quantitative estimate of drug-likeness (QED) is 0.662. The van der Waals surface area contributed by atoms with E-state index >= 15 is 0 Å². The Balaban J connectivity index is 2.66. The summed E-state index contributed by atoms with van der Waals surface area (Å²) < 4.78 is 37.6. The Hall–Kier alpha value is -0.110. The standard InChI is InChI=1S/C7H8BrF3N2S/c8-4-1-5(14-3-4)2-6(13-12)7(9,10)11/h1,3,6,13H,2,12H2. The van der Waals surface area contributed by atoms with Crippen molar-refractivity contribution in [2.75, 3.05) is 0 Å². The second kappa shape index (κ2) is 4.61. The van der Waals surface area contributed by atoms with Crippen LogP contribution in [0.2, 0.25) is 0 Å². The fraction of sp³-hybridized carbons (Fsp3) is 0.429. The number of hydrazine groups is 1. The van der Waals surface area contributed by atoms with Crippen molar-refractivity contribution in [3.8, 4) is 0 Å². The lowest BCUT2D eigenvalue weighted by Crippen LogP contribution is -2.47. The summed E-state index contributed by atoms with van der Waals surface area (Å²) in [6, 6.07) is -0.0335. The number of rotatable bonds is 3. The molecule has 0 aliphatic rings. The molecule has 0 aliphatic carbocycles. The van der Waals surface area contributed by atoms with Crippen LogP contribution in [-0.4, -0.2) is 12.2 Å². The normalized spacial score (nSPS) is 14.4. The van der Waals surface area contributed by atoms with Gasteiger partial charge >= 0.3 is 6.18 Å². The van der Waals surface area contributed by atoms with Crippen molar-refractivity contribution in [2.24, 2.45) is 5.84 Å². The van der Waals surface area contributed by atoms with Crippen molar-refractivity contribution >= 4 is 27.3 Å². The average molecular weight is 289 g/mol. The average Bonchev–Trinajstić information content (AvgIpc) is 2.45. The smallest absolute Gasteiger partial charge is 0.271 e. The predicted octanol–water partition coefficient (Wildman–Crippen LogP) is 2.45.